The van der Waals surface area contributed by atoms with Gasteiger partial charge in [0, 0.05) is 30.9 Å². The van der Waals surface area contributed by atoms with Crippen molar-refractivity contribution in [3.63, 3.8) is 0 Å². The van der Waals surface area contributed by atoms with Crippen molar-refractivity contribution in [2.24, 2.45) is 0 Å². The van der Waals surface area contributed by atoms with Crippen molar-refractivity contribution in [1.82, 2.24) is 10.3 Å². The Morgan fingerprint density at radius 1 is 1.42 bits per heavy atom. The number of pyridine rings is 1. The molecular formula is C13H14N2O4. The molecule has 19 heavy (non-hydrogen) atoms. The van der Waals surface area contributed by atoms with Crippen LogP contribution in [0.15, 0.2) is 36.2 Å². The van der Waals surface area contributed by atoms with Gasteiger partial charge in [0.25, 0.3) is 0 Å². The van der Waals surface area contributed by atoms with Crippen LogP contribution < -0.4 is 5.32 Å². The Morgan fingerprint density at radius 3 is 2.74 bits per heavy atom. The molecule has 1 aromatic rings. The lowest BCUT2D eigenvalue weighted by atomic mass is 9.94. The molecule has 0 fully saturated rings. The average molecular weight is 262 g/mol. The maximum Gasteiger partial charge on any atom is 0.331 e. The summed E-state index contributed by atoms with van der Waals surface area (Å²) in [4.78, 5) is 26.2. The van der Waals surface area contributed by atoms with E-state index < -0.39 is 17.5 Å². The van der Waals surface area contributed by atoms with Crippen molar-refractivity contribution < 1.29 is 19.8 Å². The fourth-order valence-corrected chi connectivity index (χ4v) is 2.08. The van der Waals surface area contributed by atoms with Crippen molar-refractivity contribution >= 4 is 11.9 Å². The van der Waals surface area contributed by atoms with E-state index in [1.165, 1.54) is 6.08 Å². The van der Waals surface area contributed by atoms with Crippen LogP contribution in [0.5, 0.6) is 0 Å². The summed E-state index contributed by atoms with van der Waals surface area (Å²) in [5, 5.41) is 21.2. The molecule has 0 saturated heterocycles. The Morgan fingerprint density at radius 2 is 2.21 bits per heavy atom. The first kappa shape index (κ1) is 13.2. The monoisotopic (exact) mass is 262 g/mol. The first-order valence-corrected chi connectivity index (χ1v) is 5.83. The van der Waals surface area contributed by atoms with Crippen LogP contribution in [0.3, 0.4) is 0 Å². The number of carboxylic acids is 2. The van der Waals surface area contributed by atoms with Gasteiger partial charge in [0.2, 0.25) is 0 Å². The van der Waals surface area contributed by atoms with Gasteiger partial charge in [0.05, 0.1) is 0 Å². The van der Waals surface area contributed by atoms with Crippen LogP contribution >= 0.6 is 0 Å². The molecule has 1 unspecified atom stereocenters. The van der Waals surface area contributed by atoms with Gasteiger partial charge in [-0.2, -0.15) is 0 Å². The summed E-state index contributed by atoms with van der Waals surface area (Å²) in [6, 6.07) is 3.59. The number of carbonyl (C=O) groups is 2. The van der Waals surface area contributed by atoms with Crippen molar-refractivity contribution in [3.8, 4) is 0 Å². The molecule has 0 spiro atoms. The average Bonchev–Trinajstić information content (AvgIpc) is 2.84. The lowest BCUT2D eigenvalue weighted by Gasteiger charge is -2.25. The fourth-order valence-electron chi connectivity index (χ4n) is 2.08. The van der Waals surface area contributed by atoms with E-state index in [4.69, 9.17) is 5.11 Å². The molecule has 1 atom stereocenters. The van der Waals surface area contributed by atoms with Crippen molar-refractivity contribution in [2.45, 2.75) is 24.9 Å². The van der Waals surface area contributed by atoms with E-state index in [0.29, 0.717) is 6.54 Å². The fraction of sp³-hybridized carbons (Fsp3) is 0.308. The maximum absolute atomic E-state index is 11.4. The van der Waals surface area contributed by atoms with Gasteiger partial charge in [-0.15, -0.1) is 0 Å². The van der Waals surface area contributed by atoms with Gasteiger partial charge in [-0.1, -0.05) is 12.1 Å². The summed E-state index contributed by atoms with van der Waals surface area (Å²) >= 11 is 0. The predicted molar refractivity (Wildman–Crippen MR) is 66.4 cm³/mol. The number of rotatable bonds is 5. The van der Waals surface area contributed by atoms with Gasteiger partial charge in [-0.05, 0) is 18.1 Å². The number of hydrogen-bond donors (Lipinski definition) is 3. The molecule has 6 nitrogen and oxygen atoms in total. The second kappa shape index (κ2) is 5.19. The summed E-state index contributed by atoms with van der Waals surface area (Å²) in [6.45, 7) is 0.334. The van der Waals surface area contributed by atoms with E-state index in [2.05, 4.69) is 10.3 Å². The second-order valence-corrected chi connectivity index (χ2v) is 4.52. The molecule has 0 radical (unpaired) electrons. The molecule has 0 aliphatic heterocycles. The van der Waals surface area contributed by atoms with Gasteiger partial charge in [-0.3, -0.25) is 15.1 Å². The Hall–Kier alpha value is -2.21. The third-order valence-electron chi connectivity index (χ3n) is 3.23. The molecule has 0 aromatic carbocycles. The van der Waals surface area contributed by atoms with Crippen molar-refractivity contribution in [2.75, 3.05) is 0 Å². The Kier molecular flexibility index (Phi) is 3.62. The summed E-state index contributed by atoms with van der Waals surface area (Å²) in [5.74, 6) is -2.10. The van der Waals surface area contributed by atoms with E-state index >= 15 is 0 Å². The molecule has 1 aliphatic carbocycles. The molecule has 1 heterocycles. The summed E-state index contributed by atoms with van der Waals surface area (Å²) in [5.41, 5.74) is -0.239. The Labute approximate surface area is 109 Å². The highest BCUT2D eigenvalue weighted by Crippen LogP contribution is 2.30. The molecule has 1 aliphatic rings. The molecule has 0 saturated carbocycles. The third kappa shape index (κ3) is 2.79. The zero-order valence-corrected chi connectivity index (χ0v) is 10.2. The van der Waals surface area contributed by atoms with Gasteiger partial charge in [0.1, 0.15) is 5.54 Å². The highest BCUT2D eigenvalue weighted by atomic mass is 16.4. The molecular weight excluding hydrogens is 248 g/mol. The van der Waals surface area contributed by atoms with Gasteiger partial charge in [-0.25, -0.2) is 4.79 Å². The van der Waals surface area contributed by atoms with Gasteiger partial charge >= 0.3 is 11.9 Å². The van der Waals surface area contributed by atoms with Crippen LogP contribution in [0.4, 0.5) is 0 Å². The van der Waals surface area contributed by atoms with E-state index in [-0.39, 0.29) is 18.4 Å². The zero-order valence-electron chi connectivity index (χ0n) is 10.2. The maximum atomic E-state index is 11.4. The lowest BCUT2D eigenvalue weighted by molar-refractivity contribution is -0.144. The minimum absolute atomic E-state index is 0.0159. The topological polar surface area (TPSA) is 99.5 Å². The standard InChI is InChI=1S/C13H14N2O4/c16-11(17)10-3-4-13(6-10,12(18)19)15-8-9-2-1-5-14-7-9/h1-3,5,7,15H,4,6,8H2,(H,16,17)(H,18,19). The van der Waals surface area contributed by atoms with Crippen LogP contribution in [-0.4, -0.2) is 32.7 Å². The summed E-state index contributed by atoms with van der Waals surface area (Å²) < 4.78 is 0. The second-order valence-electron chi connectivity index (χ2n) is 4.52. The number of hydrogen-bond acceptors (Lipinski definition) is 4. The zero-order chi connectivity index (χ0) is 13.9. The first-order valence-electron chi connectivity index (χ1n) is 5.83. The van der Waals surface area contributed by atoms with Crippen LogP contribution in [0.2, 0.25) is 0 Å². The molecule has 0 bridgehead atoms. The smallest absolute Gasteiger partial charge is 0.331 e. The number of aromatic nitrogens is 1. The van der Waals surface area contributed by atoms with E-state index in [1.807, 2.05) is 6.07 Å². The van der Waals surface area contributed by atoms with Crippen molar-refractivity contribution in [3.05, 3.63) is 41.7 Å². The predicted octanol–water partition coefficient (Wildman–Crippen LogP) is 0.799. The number of nitrogens with zero attached hydrogens (tertiary/aromatic N) is 1. The summed E-state index contributed by atoms with van der Waals surface area (Å²) in [6.07, 6.45) is 4.90. The molecule has 2 rings (SSSR count). The minimum atomic E-state index is -1.23. The van der Waals surface area contributed by atoms with E-state index in [0.717, 1.165) is 5.56 Å². The van der Waals surface area contributed by atoms with Crippen LogP contribution in [0.1, 0.15) is 18.4 Å². The summed E-state index contributed by atoms with van der Waals surface area (Å²) in [7, 11) is 0. The lowest BCUT2D eigenvalue weighted by Crippen LogP contribution is -2.50. The minimum Gasteiger partial charge on any atom is -0.480 e. The first-order chi connectivity index (χ1) is 9.03. The molecule has 6 heteroatoms. The van der Waals surface area contributed by atoms with Gasteiger partial charge < -0.3 is 10.2 Å². The van der Waals surface area contributed by atoms with E-state index in [9.17, 15) is 14.7 Å². The van der Waals surface area contributed by atoms with Crippen LogP contribution in [-0.2, 0) is 16.1 Å². The quantitative estimate of drug-likeness (QED) is 0.725. The number of aliphatic carboxylic acids is 2. The Balaban J connectivity index is 2.07. The molecule has 1 aromatic heterocycles. The van der Waals surface area contributed by atoms with Crippen LogP contribution in [0, 0.1) is 0 Å². The molecule has 100 valence electrons. The SMILES string of the molecule is O=C(O)C1=CCC(NCc2cccnc2)(C(=O)O)C1. The van der Waals surface area contributed by atoms with Gasteiger partial charge in [0.15, 0.2) is 0 Å². The normalized spacial score (nSPS) is 22.0. The largest absolute Gasteiger partial charge is 0.480 e. The highest BCUT2D eigenvalue weighted by Gasteiger charge is 2.43. The highest BCUT2D eigenvalue weighted by molar-refractivity contribution is 5.91. The third-order valence-corrected chi connectivity index (χ3v) is 3.23. The molecule has 3 N–H and O–H groups in total. The number of nitrogens with one attached hydrogen (secondary N) is 1. The van der Waals surface area contributed by atoms with Crippen LogP contribution in [0.25, 0.3) is 0 Å². The van der Waals surface area contributed by atoms with E-state index in [1.54, 1.807) is 18.5 Å². The number of carboxylic acid groups (broad SMARTS) is 2. The Bertz CT molecular complexity index is 527. The molecule has 0 amide bonds. The van der Waals surface area contributed by atoms with Crippen molar-refractivity contribution in [1.29, 1.82) is 0 Å².